The van der Waals surface area contributed by atoms with Gasteiger partial charge in [-0.1, -0.05) is 30.3 Å². The standard InChI is InChI=1S/C16H18BrN3O3S/c17-14-11-24-15(19-14)13(21)6-7-20(8-9-23-16(18)22)10-12-4-2-1-3-5-12/h1-5,11H,6-10H2,(H2,18,22). The number of ether oxygens (including phenoxy) is 1. The molecule has 0 atom stereocenters. The Labute approximate surface area is 152 Å². The molecule has 0 radical (unpaired) electrons. The number of benzene rings is 1. The van der Waals surface area contributed by atoms with Gasteiger partial charge in [-0.15, -0.1) is 11.3 Å². The molecule has 0 aliphatic carbocycles. The summed E-state index contributed by atoms with van der Waals surface area (Å²) >= 11 is 4.57. The second-order valence-corrected chi connectivity index (χ2v) is 6.75. The van der Waals surface area contributed by atoms with Crippen LogP contribution in [0.2, 0.25) is 0 Å². The fourth-order valence-electron chi connectivity index (χ4n) is 2.14. The zero-order valence-corrected chi connectivity index (χ0v) is 15.4. The van der Waals surface area contributed by atoms with E-state index in [1.54, 1.807) is 5.38 Å². The van der Waals surface area contributed by atoms with Crippen molar-refractivity contribution < 1.29 is 14.3 Å². The Morgan fingerprint density at radius 1 is 1.25 bits per heavy atom. The molecule has 8 heteroatoms. The van der Waals surface area contributed by atoms with E-state index in [1.807, 2.05) is 30.3 Å². The second kappa shape index (κ2) is 9.51. The lowest BCUT2D eigenvalue weighted by Crippen LogP contribution is -2.31. The highest BCUT2D eigenvalue weighted by molar-refractivity contribution is 9.10. The summed E-state index contributed by atoms with van der Waals surface area (Å²) < 4.78 is 5.47. The van der Waals surface area contributed by atoms with Crippen molar-refractivity contribution in [1.82, 2.24) is 9.88 Å². The molecule has 0 bridgehead atoms. The Hall–Kier alpha value is -1.77. The second-order valence-electron chi connectivity index (χ2n) is 5.08. The highest BCUT2D eigenvalue weighted by atomic mass is 79.9. The van der Waals surface area contributed by atoms with E-state index in [1.165, 1.54) is 11.3 Å². The highest BCUT2D eigenvalue weighted by Gasteiger charge is 2.14. The third-order valence-electron chi connectivity index (χ3n) is 3.27. The molecule has 2 aromatic rings. The van der Waals surface area contributed by atoms with Crippen LogP contribution in [0.25, 0.3) is 0 Å². The molecular weight excluding hydrogens is 394 g/mol. The maximum absolute atomic E-state index is 12.2. The summed E-state index contributed by atoms with van der Waals surface area (Å²) in [7, 11) is 0. The van der Waals surface area contributed by atoms with Crippen molar-refractivity contribution in [3.8, 4) is 0 Å². The van der Waals surface area contributed by atoms with Crippen molar-refractivity contribution in [1.29, 1.82) is 0 Å². The molecule has 0 saturated heterocycles. The van der Waals surface area contributed by atoms with Gasteiger partial charge in [-0.2, -0.15) is 0 Å². The third kappa shape index (κ3) is 6.38. The Kier molecular flexibility index (Phi) is 7.36. The SMILES string of the molecule is NC(=O)OCCN(CCC(=O)c1nc(Br)cs1)Cc1ccccc1. The van der Waals surface area contributed by atoms with Crippen molar-refractivity contribution in [3.63, 3.8) is 0 Å². The first-order chi connectivity index (χ1) is 11.5. The van der Waals surface area contributed by atoms with Gasteiger partial charge < -0.3 is 10.5 Å². The molecular formula is C16H18BrN3O3S. The minimum atomic E-state index is -0.793. The van der Waals surface area contributed by atoms with Crippen molar-refractivity contribution in [2.24, 2.45) is 5.73 Å². The molecule has 128 valence electrons. The monoisotopic (exact) mass is 411 g/mol. The zero-order chi connectivity index (χ0) is 17.4. The van der Waals surface area contributed by atoms with Crippen molar-refractivity contribution in [2.45, 2.75) is 13.0 Å². The maximum Gasteiger partial charge on any atom is 0.404 e. The molecule has 1 aromatic carbocycles. The van der Waals surface area contributed by atoms with E-state index in [2.05, 4.69) is 25.8 Å². The summed E-state index contributed by atoms with van der Waals surface area (Å²) in [6.45, 7) is 1.91. The predicted molar refractivity (Wildman–Crippen MR) is 96.0 cm³/mol. The predicted octanol–water partition coefficient (Wildman–Crippen LogP) is 3.08. The molecule has 1 heterocycles. The fraction of sp³-hybridized carbons (Fsp3) is 0.312. The topological polar surface area (TPSA) is 85.5 Å². The van der Waals surface area contributed by atoms with Gasteiger partial charge in [0.2, 0.25) is 0 Å². The van der Waals surface area contributed by atoms with E-state index in [0.717, 1.165) is 5.56 Å². The summed E-state index contributed by atoms with van der Waals surface area (Å²) in [6, 6.07) is 9.91. The van der Waals surface area contributed by atoms with Crippen LogP contribution in [0.4, 0.5) is 4.79 Å². The van der Waals surface area contributed by atoms with E-state index in [0.29, 0.717) is 35.7 Å². The third-order valence-corrected chi connectivity index (χ3v) is 4.86. The first kappa shape index (κ1) is 18.6. The lowest BCUT2D eigenvalue weighted by molar-refractivity contribution is 0.0944. The molecule has 0 saturated carbocycles. The number of nitrogens with zero attached hydrogens (tertiary/aromatic N) is 2. The molecule has 0 spiro atoms. The number of thiazole rings is 1. The number of primary amides is 1. The molecule has 0 aliphatic heterocycles. The van der Waals surface area contributed by atoms with E-state index < -0.39 is 6.09 Å². The summed E-state index contributed by atoms with van der Waals surface area (Å²) in [5, 5.41) is 2.28. The van der Waals surface area contributed by atoms with Crippen LogP contribution < -0.4 is 5.73 Å². The molecule has 0 aliphatic rings. The summed E-state index contributed by atoms with van der Waals surface area (Å²) in [4.78, 5) is 29.1. The molecule has 0 unspecified atom stereocenters. The van der Waals surface area contributed by atoms with Gasteiger partial charge in [0.15, 0.2) is 10.8 Å². The number of nitrogens with two attached hydrogens (primary N) is 1. The van der Waals surface area contributed by atoms with Gasteiger partial charge in [0.05, 0.1) is 0 Å². The van der Waals surface area contributed by atoms with Crippen LogP contribution in [0, 0.1) is 0 Å². The van der Waals surface area contributed by atoms with Crippen molar-refractivity contribution >= 4 is 39.1 Å². The van der Waals surface area contributed by atoms with Crippen LogP contribution in [0.15, 0.2) is 40.3 Å². The maximum atomic E-state index is 12.2. The van der Waals surface area contributed by atoms with E-state index >= 15 is 0 Å². The Morgan fingerprint density at radius 3 is 2.62 bits per heavy atom. The summed E-state index contributed by atoms with van der Waals surface area (Å²) in [6.07, 6.45) is -0.443. The molecule has 6 nitrogen and oxygen atoms in total. The largest absolute Gasteiger partial charge is 0.448 e. The number of rotatable bonds is 9. The van der Waals surface area contributed by atoms with Crippen LogP contribution in [0.1, 0.15) is 21.8 Å². The molecule has 24 heavy (non-hydrogen) atoms. The number of carbonyl (C=O) groups excluding carboxylic acids is 2. The Balaban J connectivity index is 1.91. The highest BCUT2D eigenvalue weighted by Crippen LogP contribution is 2.16. The van der Waals surface area contributed by atoms with E-state index in [9.17, 15) is 9.59 Å². The zero-order valence-electron chi connectivity index (χ0n) is 13.0. The first-order valence-electron chi connectivity index (χ1n) is 7.37. The van der Waals surface area contributed by atoms with Crippen LogP contribution in [0.3, 0.4) is 0 Å². The average molecular weight is 412 g/mol. The van der Waals surface area contributed by atoms with Gasteiger partial charge >= 0.3 is 6.09 Å². The van der Waals surface area contributed by atoms with Gasteiger partial charge in [0.1, 0.15) is 11.2 Å². The lowest BCUT2D eigenvalue weighted by Gasteiger charge is -2.21. The molecule has 0 fully saturated rings. The summed E-state index contributed by atoms with van der Waals surface area (Å²) in [5.41, 5.74) is 6.11. The van der Waals surface area contributed by atoms with Crippen LogP contribution >= 0.6 is 27.3 Å². The van der Waals surface area contributed by atoms with E-state index in [-0.39, 0.29) is 12.4 Å². The van der Waals surface area contributed by atoms with Crippen molar-refractivity contribution in [2.75, 3.05) is 19.7 Å². The Bertz CT molecular complexity index is 678. The molecule has 1 amide bonds. The molecule has 2 rings (SSSR count). The number of ketones is 1. The minimum absolute atomic E-state index is 0.000388. The van der Waals surface area contributed by atoms with E-state index in [4.69, 9.17) is 10.5 Å². The Morgan fingerprint density at radius 2 is 2.00 bits per heavy atom. The number of amides is 1. The smallest absolute Gasteiger partial charge is 0.404 e. The number of hydrogen-bond donors (Lipinski definition) is 1. The molecule has 1 aromatic heterocycles. The van der Waals surface area contributed by atoms with Gasteiger partial charge in [-0.05, 0) is 21.5 Å². The number of hydrogen-bond acceptors (Lipinski definition) is 6. The van der Waals surface area contributed by atoms with Crippen LogP contribution in [-0.4, -0.2) is 41.5 Å². The lowest BCUT2D eigenvalue weighted by atomic mass is 10.2. The molecule has 2 N–H and O–H groups in total. The number of Topliss-reactive ketones (excluding diaryl/α,β-unsaturated/α-hetero) is 1. The van der Waals surface area contributed by atoms with Crippen LogP contribution in [-0.2, 0) is 11.3 Å². The number of aromatic nitrogens is 1. The quantitative estimate of drug-likeness (QED) is 0.640. The number of halogens is 1. The normalized spacial score (nSPS) is 10.8. The van der Waals surface area contributed by atoms with Gasteiger partial charge in [0.25, 0.3) is 0 Å². The fourth-order valence-corrected chi connectivity index (χ4v) is 3.36. The minimum Gasteiger partial charge on any atom is -0.448 e. The first-order valence-corrected chi connectivity index (χ1v) is 9.04. The van der Waals surface area contributed by atoms with Crippen LogP contribution in [0.5, 0.6) is 0 Å². The van der Waals surface area contributed by atoms with Gasteiger partial charge in [0, 0.05) is 31.4 Å². The summed E-state index contributed by atoms with van der Waals surface area (Å²) in [5.74, 6) is -0.000388. The average Bonchev–Trinajstić information content (AvgIpc) is 2.99. The number of carbonyl (C=O) groups is 2. The van der Waals surface area contributed by atoms with Gasteiger partial charge in [-0.3, -0.25) is 9.69 Å². The van der Waals surface area contributed by atoms with Crippen molar-refractivity contribution in [3.05, 3.63) is 50.9 Å². The van der Waals surface area contributed by atoms with Gasteiger partial charge in [-0.25, -0.2) is 9.78 Å².